The first-order valence-electron chi connectivity index (χ1n) is 11.5. The minimum atomic E-state index is -1.35. The minimum Gasteiger partial charge on any atom is -0.480 e. The summed E-state index contributed by atoms with van der Waals surface area (Å²) in [5.41, 5.74) is 22.0. The van der Waals surface area contributed by atoms with Crippen LogP contribution in [0.1, 0.15) is 58.8 Å². The van der Waals surface area contributed by atoms with E-state index < -0.39 is 60.2 Å². The quantitative estimate of drug-likeness (QED) is 0.0962. The third-order valence-electron chi connectivity index (χ3n) is 5.20. The molecule has 4 unspecified atom stereocenters. The van der Waals surface area contributed by atoms with E-state index in [9.17, 15) is 29.1 Å². The number of carboxylic acid groups (broad SMARTS) is 1. The van der Waals surface area contributed by atoms with Crippen LogP contribution in [0.15, 0.2) is 0 Å². The number of aliphatic carboxylic acids is 1. The number of carboxylic acids is 1. The molecule has 0 aromatic rings. The van der Waals surface area contributed by atoms with Gasteiger partial charge >= 0.3 is 5.97 Å². The molecule has 13 nitrogen and oxygen atoms in total. The van der Waals surface area contributed by atoms with Gasteiger partial charge in [-0.1, -0.05) is 13.8 Å². The molecular weight excluding hydrogens is 446 g/mol. The van der Waals surface area contributed by atoms with E-state index in [1.807, 2.05) is 0 Å². The number of nitrogens with one attached hydrogen (secondary N) is 3. The molecule has 4 amide bonds. The van der Waals surface area contributed by atoms with Crippen LogP contribution in [0, 0.1) is 5.92 Å². The Morgan fingerprint density at radius 2 is 1.18 bits per heavy atom. The van der Waals surface area contributed by atoms with E-state index >= 15 is 0 Å². The lowest BCUT2D eigenvalue weighted by molar-refractivity contribution is -0.142. The smallest absolute Gasteiger partial charge is 0.326 e. The Kier molecular flexibility index (Phi) is 15.4. The van der Waals surface area contributed by atoms with Gasteiger partial charge in [0, 0.05) is 0 Å². The predicted octanol–water partition coefficient (Wildman–Crippen LogP) is -2.36. The molecule has 0 aromatic heterocycles. The van der Waals surface area contributed by atoms with Crippen LogP contribution in [0.25, 0.3) is 0 Å². The van der Waals surface area contributed by atoms with Gasteiger partial charge in [-0.2, -0.15) is 0 Å². The van der Waals surface area contributed by atoms with Crippen LogP contribution in [0.5, 0.6) is 0 Å². The fraction of sp³-hybridized carbons (Fsp3) is 0.762. The summed E-state index contributed by atoms with van der Waals surface area (Å²) in [4.78, 5) is 61.0. The number of carbonyl (C=O) groups excluding carboxylic acids is 4. The SMILES string of the molecule is CC(C)C(N)C(=O)NC(CC(N)=O)C(=O)NC(CCCCN)C(=O)NC(CCCCN)C(=O)O. The zero-order valence-corrected chi connectivity index (χ0v) is 20.0. The highest BCUT2D eigenvalue weighted by Crippen LogP contribution is 2.07. The first kappa shape index (κ1) is 31.2. The molecule has 0 fully saturated rings. The van der Waals surface area contributed by atoms with Crippen molar-refractivity contribution in [3.8, 4) is 0 Å². The van der Waals surface area contributed by atoms with Crippen molar-refractivity contribution in [2.45, 2.75) is 83.0 Å². The van der Waals surface area contributed by atoms with E-state index in [2.05, 4.69) is 16.0 Å². The molecule has 13 heteroatoms. The van der Waals surface area contributed by atoms with Crippen LogP contribution < -0.4 is 38.9 Å². The Morgan fingerprint density at radius 3 is 1.62 bits per heavy atom. The summed E-state index contributed by atoms with van der Waals surface area (Å²) in [6.07, 6.45) is 2.00. The number of unbranched alkanes of at least 4 members (excludes halogenated alkanes) is 2. The van der Waals surface area contributed by atoms with Gasteiger partial charge in [-0.05, 0) is 57.5 Å². The average molecular weight is 488 g/mol. The molecule has 0 saturated heterocycles. The standard InChI is InChI=1S/C21H41N7O6/c1-12(2)17(25)20(32)28-15(11-16(24)29)19(31)26-13(7-3-5-9-22)18(30)27-14(21(33)34)8-4-6-10-23/h12-15,17H,3-11,22-23,25H2,1-2H3,(H2,24,29)(H,26,31)(H,27,30)(H,28,32)(H,33,34). The lowest BCUT2D eigenvalue weighted by Crippen LogP contribution is -2.58. The minimum absolute atomic E-state index is 0.173. The molecule has 0 rings (SSSR count). The Bertz CT molecular complexity index is 689. The molecule has 196 valence electrons. The van der Waals surface area contributed by atoms with Crippen molar-refractivity contribution < 1.29 is 29.1 Å². The first-order valence-corrected chi connectivity index (χ1v) is 11.5. The second-order valence-electron chi connectivity index (χ2n) is 8.53. The molecule has 12 N–H and O–H groups in total. The molecule has 0 spiro atoms. The monoisotopic (exact) mass is 487 g/mol. The summed E-state index contributed by atoms with van der Waals surface area (Å²) in [6, 6.07) is -4.53. The third-order valence-corrected chi connectivity index (χ3v) is 5.20. The maximum absolute atomic E-state index is 12.9. The van der Waals surface area contributed by atoms with Crippen LogP contribution in [-0.2, 0) is 24.0 Å². The molecule has 0 aliphatic carbocycles. The van der Waals surface area contributed by atoms with Gasteiger partial charge < -0.3 is 44.0 Å². The number of primary amides is 1. The summed E-state index contributed by atoms with van der Waals surface area (Å²) in [5, 5.41) is 16.8. The van der Waals surface area contributed by atoms with Gasteiger partial charge in [-0.25, -0.2) is 4.79 Å². The maximum atomic E-state index is 12.9. The zero-order chi connectivity index (χ0) is 26.3. The molecule has 0 aliphatic rings. The molecule has 0 heterocycles. The maximum Gasteiger partial charge on any atom is 0.326 e. The third kappa shape index (κ3) is 12.5. The van der Waals surface area contributed by atoms with Crippen molar-refractivity contribution in [3.05, 3.63) is 0 Å². The molecule has 0 aromatic carbocycles. The highest BCUT2D eigenvalue weighted by Gasteiger charge is 2.31. The Balaban J connectivity index is 5.49. The molecule has 0 aliphatic heterocycles. The van der Waals surface area contributed by atoms with Crippen molar-refractivity contribution in [2.24, 2.45) is 28.9 Å². The van der Waals surface area contributed by atoms with Crippen molar-refractivity contribution in [2.75, 3.05) is 13.1 Å². The van der Waals surface area contributed by atoms with Crippen molar-refractivity contribution in [1.82, 2.24) is 16.0 Å². The van der Waals surface area contributed by atoms with E-state index in [1.165, 1.54) is 0 Å². The van der Waals surface area contributed by atoms with Crippen LogP contribution in [0.3, 0.4) is 0 Å². The second-order valence-corrected chi connectivity index (χ2v) is 8.53. The van der Waals surface area contributed by atoms with Gasteiger partial charge in [0.15, 0.2) is 0 Å². The normalized spacial score (nSPS) is 14.5. The topological polar surface area (TPSA) is 246 Å². The van der Waals surface area contributed by atoms with E-state index in [-0.39, 0.29) is 18.8 Å². The highest BCUT2D eigenvalue weighted by molar-refractivity contribution is 5.96. The summed E-state index contributed by atoms with van der Waals surface area (Å²) >= 11 is 0. The van der Waals surface area contributed by atoms with Crippen molar-refractivity contribution in [3.63, 3.8) is 0 Å². The predicted molar refractivity (Wildman–Crippen MR) is 126 cm³/mol. The highest BCUT2D eigenvalue weighted by atomic mass is 16.4. The molecular formula is C21H41N7O6. The van der Waals surface area contributed by atoms with Crippen LogP contribution in [0.2, 0.25) is 0 Å². The number of amides is 4. The molecule has 0 saturated carbocycles. The zero-order valence-electron chi connectivity index (χ0n) is 20.0. The lowest BCUT2D eigenvalue weighted by atomic mass is 10.0. The molecule has 0 bridgehead atoms. The van der Waals surface area contributed by atoms with Gasteiger partial charge in [0.1, 0.15) is 18.1 Å². The molecule has 0 radical (unpaired) electrons. The average Bonchev–Trinajstić information content (AvgIpc) is 2.76. The Morgan fingerprint density at radius 1 is 0.735 bits per heavy atom. The van der Waals surface area contributed by atoms with Gasteiger partial charge in [0.25, 0.3) is 0 Å². The summed E-state index contributed by atoms with van der Waals surface area (Å²) < 4.78 is 0. The van der Waals surface area contributed by atoms with E-state index in [0.717, 1.165) is 0 Å². The number of rotatable bonds is 18. The summed E-state index contributed by atoms with van der Waals surface area (Å²) in [7, 11) is 0. The number of hydrogen-bond acceptors (Lipinski definition) is 8. The first-order chi connectivity index (χ1) is 15.9. The van der Waals surface area contributed by atoms with Crippen molar-refractivity contribution in [1.29, 1.82) is 0 Å². The fourth-order valence-electron chi connectivity index (χ4n) is 3.04. The second kappa shape index (κ2) is 16.8. The fourth-order valence-corrected chi connectivity index (χ4v) is 3.04. The molecule has 4 atom stereocenters. The van der Waals surface area contributed by atoms with Gasteiger partial charge in [0.05, 0.1) is 12.5 Å². The summed E-state index contributed by atoms with van der Waals surface area (Å²) in [6.45, 7) is 4.20. The Labute approximate surface area is 200 Å². The summed E-state index contributed by atoms with van der Waals surface area (Å²) in [5.74, 6) is -4.43. The largest absolute Gasteiger partial charge is 0.480 e. The van der Waals surface area contributed by atoms with Crippen LogP contribution in [0.4, 0.5) is 0 Å². The van der Waals surface area contributed by atoms with Gasteiger partial charge in [-0.3, -0.25) is 19.2 Å². The van der Waals surface area contributed by atoms with E-state index in [1.54, 1.807) is 13.8 Å². The number of hydrogen-bond donors (Lipinski definition) is 8. The number of carbonyl (C=O) groups is 5. The molecule has 34 heavy (non-hydrogen) atoms. The van der Waals surface area contributed by atoms with Crippen LogP contribution in [-0.4, -0.2) is 72.0 Å². The van der Waals surface area contributed by atoms with Crippen LogP contribution >= 0.6 is 0 Å². The number of nitrogens with two attached hydrogens (primary N) is 4. The van der Waals surface area contributed by atoms with E-state index in [4.69, 9.17) is 22.9 Å². The Hall–Kier alpha value is -2.77. The van der Waals surface area contributed by atoms with E-state index in [0.29, 0.717) is 38.8 Å². The lowest BCUT2D eigenvalue weighted by Gasteiger charge is -2.25. The van der Waals surface area contributed by atoms with Gasteiger partial charge in [-0.15, -0.1) is 0 Å². The van der Waals surface area contributed by atoms with Crippen molar-refractivity contribution >= 4 is 29.6 Å². The van der Waals surface area contributed by atoms with Gasteiger partial charge in [0.2, 0.25) is 23.6 Å².